The molecule has 0 unspecified atom stereocenters. The fourth-order valence-electron chi connectivity index (χ4n) is 1.11. The minimum Gasteiger partial charge on any atom is -0.368 e. The summed E-state index contributed by atoms with van der Waals surface area (Å²) in [5, 5.41) is 4.94. The normalized spacial score (nSPS) is 21.5. The van der Waals surface area contributed by atoms with Gasteiger partial charge >= 0.3 is 0 Å². The van der Waals surface area contributed by atoms with Crippen LogP contribution in [0, 0.1) is 0 Å². The Hall–Kier alpha value is -0.910. The molecule has 1 aliphatic rings. The zero-order valence-electron chi connectivity index (χ0n) is 6.80. The lowest BCUT2D eigenvalue weighted by molar-refractivity contribution is 0.415. The fraction of sp³-hybridized carbons (Fsp3) is 0.250. The van der Waals surface area contributed by atoms with E-state index in [1.165, 1.54) is 12.1 Å². The molecule has 2 N–H and O–H groups in total. The van der Waals surface area contributed by atoms with Gasteiger partial charge in [0.15, 0.2) is 0 Å². The topological polar surface area (TPSA) is 72.7 Å². The van der Waals surface area contributed by atoms with Crippen molar-refractivity contribution in [2.75, 3.05) is 6.61 Å². The average Bonchev–Trinajstić information content (AvgIpc) is 2.85. The van der Waals surface area contributed by atoms with E-state index in [9.17, 15) is 8.42 Å². The predicted octanol–water partition coefficient (Wildman–Crippen LogP) is 0.405. The van der Waals surface area contributed by atoms with E-state index < -0.39 is 10.0 Å². The maximum absolute atomic E-state index is 10.9. The number of ether oxygens (including phenoxy) is 1. The van der Waals surface area contributed by atoms with Gasteiger partial charge in [-0.05, 0) is 17.7 Å². The maximum Gasteiger partial charge on any atom is 0.238 e. The Morgan fingerprint density at radius 1 is 1.31 bits per heavy atom. The first kappa shape index (κ1) is 8.68. The molecule has 2 rings (SSSR count). The Kier molecular flexibility index (Phi) is 1.87. The first-order chi connectivity index (χ1) is 6.07. The van der Waals surface area contributed by atoms with Crippen molar-refractivity contribution in [3.05, 3.63) is 29.8 Å². The number of epoxide rings is 1. The molecule has 1 aromatic carbocycles. The number of nitrogens with two attached hydrogens (primary N) is 1. The van der Waals surface area contributed by atoms with E-state index in [0.29, 0.717) is 6.61 Å². The van der Waals surface area contributed by atoms with Gasteiger partial charge in [-0.1, -0.05) is 12.1 Å². The van der Waals surface area contributed by atoms with Crippen LogP contribution in [-0.2, 0) is 14.8 Å². The smallest absolute Gasteiger partial charge is 0.238 e. The van der Waals surface area contributed by atoms with E-state index >= 15 is 0 Å². The summed E-state index contributed by atoms with van der Waals surface area (Å²) < 4.78 is 26.8. The molecular formula is C8H9NO3S. The van der Waals surface area contributed by atoms with Gasteiger partial charge in [-0.15, -0.1) is 0 Å². The molecule has 4 nitrogen and oxygen atoms in total. The van der Waals surface area contributed by atoms with Gasteiger partial charge in [0.2, 0.25) is 10.0 Å². The molecule has 5 heteroatoms. The van der Waals surface area contributed by atoms with Crippen molar-refractivity contribution >= 4 is 10.0 Å². The monoisotopic (exact) mass is 199 g/mol. The van der Waals surface area contributed by atoms with Crippen molar-refractivity contribution < 1.29 is 13.2 Å². The summed E-state index contributed by atoms with van der Waals surface area (Å²) in [6.45, 7) is 0.717. The van der Waals surface area contributed by atoms with E-state index in [0.717, 1.165) is 5.56 Å². The Morgan fingerprint density at radius 2 is 1.85 bits per heavy atom. The zero-order chi connectivity index (χ0) is 9.47. The largest absolute Gasteiger partial charge is 0.368 e. The minimum atomic E-state index is -3.57. The van der Waals surface area contributed by atoms with Gasteiger partial charge < -0.3 is 4.74 Å². The predicted molar refractivity (Wildman–Crippen MR) is 46.5 cm³/mol. The summed E-state index contributed by atoms with van der Waals surface area (Å²) in [6, 6.07) is 6.42. The summed E-state index contributed by atoms with van der Waals surface area (Å²) in [6.07, 6.45) is 0.148. The summed E-state index contributed by atoms with van der Waals surface area (Å²) in [5.41, 5.74) is 0.993. The molecule has 0 amide bonds. The number of hydrogen-bond acceptors (Lipinski definition) is 3. The van der Waals surface area contributed by atoms with E-state index in [1.807, 2.05) is 0 Å². The highest BCUT2D eigenvalue weighted by Gasteiger charge is 2.24. The van der Waals surface area contributed by atoms with Crippen molar-refractivity contribution in [1.29, 1.82) is 0 Å². The van der Waals surface area contributed by atoms with Crippen LogP contribution in [0.3, 0.4) is 0 Å². The lowest BCUT2D eigenvalue weighted by atomic mass is 10.2. The van der Waals surface area contributed by atoms with Gasteiger partial charge in [-0.2, -0.15) is 0 Å². The maximum atomic E-state index is 10.9. The summed E-state index contributed by atoms with van der Waals surface area (Å²) in [7, 11) is -3.57. The molecule has 1 heterocycles. The minimum absolute atomic E-state index is 0.136. The molecule has 1 saturated heterocycles. The SMILES string of the molecule is NS(=O)(=O)c1ccc([C@@H]2CO2)cc1. The van der Waals surface area contributed by atoms with Gasteiger partial charge in [-0.25, -0.2) is 13.6 Å². The molecule has 0 aliphatic carbocycles. The molecular weight excluding hydrogens is 190 g/mol. The number of primary sulfonamides is 1. The third-order valence-electron chi connectivity index (χ3n) is 1.91. The van der Waals surface area contributed by atoms with E-state index in [1.54, 1.807) is 12.1 Å². The second-order valence-corrected chi connectivity index (χ2v) is 4.50. The molecule has 0 bridgehead atoms. The molecule has 1 aliphatic heterocycles. The quantitative estimate of drug-likeness (QED) is 0.701. The van der Waals surface area contributed by atoms with E-state index in [2.05, 4.69) is 0 Å². The Bertz CT molecular complexity index is 406. The number of sulfonamides is 1. The Morgan fingerprint density at radius 3 is 2.23 bits per heavy atom. The first-order valence-electron chi connectivity index (χ1n) is 3.82. The van der Waals surface area contributed by atoms with Crippen LogP contribution in [0.15, 0.2) is 29.2 Å². The third-order valence-corrected chi connectivity index (χ3v) is 2.84. The van der Waals surface area contributed by atoms with Crippen LogP contribution in [0.4, 0.5) is 0 Å². The van der Waals surface area contributed by atoms with Crippen LogP contribution < -0.4 is 5.14 Å². The standard InChI is InChI=1S/C8H9NO3S/c9-13(10,11)7-3-1-6(2-4-7)8-5-12-8/h1-4,8H,5H2,(H2,9,10,11)/t8-/m0/s1. The molecule has 1 aromatic rings. The van der Waals surface area contributed by atoms with Crippen LogP contribution in [0.5, 0.6) is 0 Å². The van der Waals surface area contributed by atoms with Gasteiger partial charge in [0, 0.05) is 0 Å². The molecule has 0 radical (unpaired) electrons. The summed E-state index contributed by atoms with van der Waals surface area (Å²) >= 11 is 0. The lowest BCUT2D eigenvalue weighted by Gasteiger charge is -1.98. The molecule has 1 atom stereocenters. The average molecular weight is 199 g/mol. The third kappa shape index (κ3) is 1.88. The van der Waals surface area contributed by atoms with Crippen LogP contribution in [0.1, 0.15) is 11.7 Å². The van der Waals surface area contributed by atoms with Gasteiger partial charge in [0.25, 0.3) is 0 Å². The van der Waals surface area contributed by atoms with Crippen LogP contribution in [-0.4, -0.2) is 15.0 Å². The van der Waals surface area contributed by atoms with E-state index in [4.69, 9.17) is 9.88 Å². The zero-order valence-corrected chi connectivity index (χ0v) is 7.62. The molecule has 13 heavy (non-hydrogen) atoms. The van der Waals surface area contributed by atoms with Crippen molar-refractivity contribution in [3.8, 4) is 0 Å². The fourth-order valence-corrected chi connectivity index (χ4v) is 1.63. The van der Waals surface area contributed by atoms with Crippen molar-refractivity contribution in [2.45, 2.75) is 11.0 Å². The highest BCUT2D eigenvalue weighted by atomic mass is 32.2. The number of rotatable bonds is 2. The summed E-state index contributed by atoms with van der Waals surface area (Å²) in [4.78, 5) is 0.136. The lowest BCUT2D eigenvalue weighted by Crippen LogP contribution is -2.11. The van der Waals surface area contributed by atoms with Gasteiger partial charge in [-0.3, -0.25) is 0 Å². The molecule has 70 valence electrons. The van der Waals surface area contributed by atoms with Gasteiger partial charge in [0.1, 0.15) is 6.10 Å². The molecule has 0 aromatic heterocycles. The Labute approximate surface area is 76.4 Å². The second kappa shape index (κ2) is 2.80. The van der Waals surface area contributed by atoms with Crippen molar-refractivity contribution in [2.24, 2.45) is 5.14 Å². The van der Waals surface area contributed by atoms with Gasteiger partial charge in [0.05, 0.1) is 11.5 Å². The highest BCUT2D eigenvalue weighted by Crippen LogP contribution is 2.29. The molecule has 0 spiro atoms. The highest BCUT2D eigenvalue weighted by molar-refractivity contribution is 7.89. The second-order valence-electron chi connectivity index (χ2n) is 2.94. The van der Waals surface area contributed by atoms with Crippen LogP contribution in [0.25, 0.3) is 0 Å². The van der Waals surface area contributed by atoms with Crippen molar-refractivity contribution in [1.82, 2.24) is 0 Å². The molecule has 0 saturated carbocycles. The van der Waals surface area contributed by atoms with Crippen LogP contribution >= 0.6 is 0 Å². The van der Waals surface area contributed by atoms with E-state index in [-0.39, 0.29) is 11.0 Å². The summed E-state index contributed by atoms with van der Waals surface area (Å²) in [5.74, 6) is 0. The molecule has 1 fully saturated rings. The van der Waals surface area contributed by atoms with Crippen molar-refractivity contribution in [3.63, 3.8) is 0 Å². The first-order valence-corrected chi connectivity index (χ1v) is 5.36. The Balaban J connectivity index is 2.33. The number of hydrogen-bond donors (Lipinski definition) is 1. The van der Waals surface area contributed by atoms with Crippen LogP contribution in [0.2, 0.25) is 0 Å². The number of benzene rings is 1.